The van der Waals surface area contributed by atoms with Crippen LogP contribution >= 0.6 is 22.7 Å². The molecule has 0 saturated heterocycles. The molecule has 0 aliphatic carbocycles. The minimum absolute atomic E-state index is 0.918. The lowest BCUT2D eigenvalue weighted by Gasteiger charge is -2.09. The van der Waals surface area contributed by atoms with E-state index in [2.05, 4.69) is 312 Å². The molecule has 0 aliphatic rings. The summed E-state index contributed by atoms with van der Waals surface area (Å²) in [6.45, 7) is 0. The second kappa shape index (κ2) is 20.1. The fourth-order valence-electron chi connectivity index (χ4n) is 14.2. The number of thiophene rings is 2. The van der Waals surface area contributed by atoms with Gasteiger partial charge in [-0.15, -0.1) is 22.7 Å². The molecule has 14 aromatic carbocycles. The van der Waals surface area contributed by atoms with Gasteiger partial charge in [-0.25, -0.2) is 0 Å². The van der Waals surface area contributed by atoms with Crippen LogP contribution in [0.4, 0.5) is 0 Å². The summed E-state index contributed by atoms with van der Waals surface area (Å²) in [4.78, 5) is 0. The topological polar surface area (TPSA) is 36.1 Å². The van der Waals surface area contributed by atoms with Crippen molar-refractivity contribution in [1.29, 1.82) is 0 Å². The third-order valence-electron chi connectivity index (χ3n) is 18.3. The average Bonchev–Trinajstić information content (AvgIpc) is 1.60. The minimum Gasteiger partial charge on any atom is -0.453 e. The first-order chi connectivity index (χ1) is 44.6. The van der Waals surface area contributed by atoms with Gasteiger partial charge in [-0.3, -0.25) is 0 Å². The van der Waals surface area contributed by atoms with Gasteiger partial charge < -0.3 is 18.0 Å². The van der Waals surface area contributed by atoms with Gasteiger partial charge in [-0.1, -0.05) is 200 Å². The van der Waals surface area contributed by atoms with Crippen LogP contribution in [0.25, 0.3) is 184 Å². The van der Waals surface area contributed by atoms with E-state index in [1.807, 2.05) is 22.7 Å². The van der Waals surface area contributed by atoms with Gasteiger partial charge >= 0.3 is 0 Å². The SMILES string of the molecule is c1ccc(-n2c3ccccc3c3oc4c(-c5cccc(-c6ccc7c(c6)sc6cc8ccccc8cc67)c5)cccc4c32)cc1.c1ccc(-n2c3ccccc3c3oc4c(-c5cccc(-c6ccc7c(c6)sc6ccc8ccccc8c67)c5)cccc4c32)cc1. The molecule has 0 radical (unpaired) electrons. The Morgan fingerprint density at radius 1 is 0.233 bits per heavy atom. The molecule has 0 atom stereocenters. The maximum Gasteiger partial charge on any atom is 0.161 e. The maximum absolute atomic E-state index is 6.81. The molecule has 420 valence electrons. The molecule has 6 aromatic heterocycles. The van der Waals surface area contributed by atoms with Crippen molar-refractivity contribution < 1.29 is 8.83 Å². The Hall–Kier alpha value is -11.3. The number of hydrogen-bond donors (Lipinski definition) is 0. The predicted molar refractivity (Wildman–Crippen MR) is 384 cm³/mol. The number of hydrogen-bond acceptors (Lipinski definition) is 4. The number of furan rings is 2. The van der Waals surface area contributed by atoms with Crippen LogP contribution in [0, 0.1) is 0 Å². The second-order valence-electron chi connectivity index (χ2n) is 23.4. The minimum atomic E-state index is 0.918. The highest BCUT2D eigenvalue weighted by Gasteiger charge is 2.24. The summed E-state index contributed by atoms with van der Waals surface area (Å²) in [7, 11) is 0. The Morgan fingerprint density at radius 3 is 1.26 bits per heavy atom. The lowest BCUT2D eigenvalue weighted by atomic mass is 9.97. The first-order valence-corrected chi connectivity index (χ1v) is 32.2. The van der Waals surface area contributed by atoms with Crippen molar-refractivity contribution in [1.82, 2.24) is 9.13 Å². The van der Waals surface area contributed by atoms with E-state index in [1.54, 1.807) is 0 Å². The average molecular weight is 1180 g/mol. The molecular formula is C84H50N2O2S2. The van der Waals surface area contributed by atoms with Crippen molar-refractivity contribution in [2.45, 2.75) is 0 Å². The van der Waals surface area contributed by atoms with Gasteiger partial charge in [0.1, 0.15) is 22.2 Å². The van der Waals surface area contributed by atoms with Crippen molar-refractivity contribution in [3.63, 3.8) is 0 Å². The summed E-state index contributed by atoms with van der Waals surface area (Å²) in [5.41, 5.74) is 19.8. The Balaban J connectivity index is 0.000000130. The molecule has 90 heavy (non-hydrogen) atoms. The van der Waals surface area contributed by atoms with E-state index in [0.717, 1.165) is 99.6 Å². The van der Waals surface area contributed by atoms with Gasteiger partial charge in [0.2, 0.25) is 0 Å². The smallest absolute Gasteiger partial charge is 0.161 e. The second-order valence-corrected chi connectivity index (χ2v) is 25.6. The summed E-state index contributed by atoms with van der Waals surface area (Å²) < 4.78 is 23.6. The summed E-state index contributed by atoms with van der Waals surface area (Å²) in [5, 5.41) is 15.0. The third-order valence-corrected chi connectivity index (χ3v) is 20.6. The number of aromatic nitrogens is 2. The van der Waals surface area contributed by atoms with Crippen LogP contribution in [0.2, 0.25) is 0 Å². The molecule has 0 fully saturated rings. The molecule has 0 bridgehead atoms. The first kappa shape index (κ1) is 50.8. The van der Waals surface area contributed by atoms with Gasteiger partial charge in [0.05, 0.1) is 11.0 Å². The maximum atomic E-state index is 6.81. The van der Waals surface area contributed by atoms with Crippen molar-refractivity contribution >= 4 is 151 Å². The number of nitrogens with zero attached hydrogens (tertiary/aromatic N) is 2. The molecule has 20 rings (SSSR count). The zero-order valence-electron chi connectivity index (χ0n) is 48.4. The fourth-order valence-corrected chi connectivity index (χ4v) is 16.6. The van der Waals surface area contributed by atoms with E-state index in [-0.39, 0.29) is 0 Å². The fraction of sp³-hybridized carbons (Fsp3) is 0. The molecular weight excluding hydrogens is 1130 g/mol. The zero-order valence-corrected chi connectivity index (χ0v) is 50.0. The quantitative estimate of drug-likeness (QED) is 0.166. The van der Waals surface area contributed by atoms with Gasteiger partial charge in [0.25, 0.3) is 0 Å². The molecule has 6 heterocycles. The van der Waals surface area contributed by atoms with Crippen LogP contribution in [0.1, 0.15) is 0 Å². The molecule has 0 unspecified atom stereocenters. The Labute approximate surface area is 524 Å². The largest absolute Gasteiger partial charge is 0.453 e. The van der Waals surface area contributed by atoms with E-state index in [0.29, 0.717) is 0 Å². The highest BCUT2D eigenvalue weighted by atomic mass is 32.1. The number of para-hydroxylation sites is 6. The van der Waals surface area contributed by atoms with Crippen LogP contribution in [-0.4, -0.2) is 9.13 Å². The van der Waals surface area contributed by atoms with Crippen LogP contribution in [-0.2, 0) is 0 Å². The lowest BCUT2D eigenvalue weighted by Crippen LogP contribution is -1.92. The van der Waals surface area contributed by atoms with Crippen LogP contribution in [0.15, 0.2) is 312 Å². The third kappa shape index (κ3) is 7.92. The van der Waals surface area contributed by atoms with Crippen molar-refractivity contribution in [3.8, 4) is 55.9 Å². The Kier molecular flexibility index (Phi) is 11.4. The summed E-state index contributed by atoms with van der Waals surface area (Å²) in [6.07, 6.45) is 0. The first-order valence-electron chi connectivity index (χ1n) is 30.5. The van der Waals surface area contributed by atoms with Crippen LogP contribution in [0.5, 0.6) is 0 Å². The van der Waals surface area contributed by atoms with E-state index in [4.69, 9.17) is 8.83 Å². The molecule has 0 spiro atoms. The number of fused-ring (bicyclic) bond motifs is 19. The summed E-state index contributed by atoms with van der Waals surface area (Å²) in [6, 6.07) is 109. The van der Waals surface area contributed by atoms with E-state index >= 15 is 0 Å². The number of benzene rings is 14. The molecule has 20 aromatic rings. The molecule has 0 aliphatic heterocycles. The van der Waals surface area contributed by atoms with Crippen molar-refractivity contribution in [2.24, 2.45) is 0 Å². The molecule has 0 saturated carbocycles. The highest BCUT2D eigenvalue weighted by molar-refractivity contribution is 7.26. The molecule has 6 heteroatoms. The van der Waals surface area contributed by atoms with E-state index in [9.17, 15) is 0 Å². The zero-order chi connectivity index (χ0) is 59.0. The van der Waals surface area contributed by atoms with E-state index in [1.165, 1.54) is 84.1 Å². The van der Waals surface area contributed by atoms with Gasteiger partial charge in [0, 0.05) is 84.4 Å². The summed E-state index contributed by atoms with van der Waals surface area (Å²) >= 11 is 3.75. The van der Waals surface area contributed by atoms with Crippen molar-refractivity contribution in [3.05, 3.63) is 303 Å². The van der Waals surface area contributed by atoms with Gasteiger partial charge in [-0.2, -0.15) is 0 Å². The van der Waals surface area contributed by atoms with Gasteiger partial charge in [-0.05, 0) is 158 Å². The van der Waals surface area contributed by atoms with Crippen LogP contribution < -0.4 is 0 Å². The Bertz CT molecular complexity index is 6280. The predicted octanol–water partition coefficient (Wildman–Crippen LogP) is 24.8. The molecule has 0 amide bonds. The molecule has 4 nitrogen and oxygen atoms in total. The number of rotatable bonds is 6. The van der Waals surface area contributed by atoms with Crippen molar-refractivity contribution in [2.75, 3.05) is 0 Å². The summed E-state index contributed by atoms with van der Waals surface area (Å²) in [5.74, 6) is 0. The van der Waals surface area contributed by atoms with E-state index < -0.39 is 0 Å². The standard InChI is InChI=1S/2C42H25NOS/c1-2-13-30(14-3-1)43-36-19-7-6-16-33(36)42-40(43)35-18-9-17-32(41(35)44-42)29-12-8-11-27(24-29)28-20-22-34-38(25-28)45-37-23-21-26-10-4-5-15-31(26)39(34)37;1-2-14-31(15-3-1)43-37-19-7-6-16-34(37)42-40(43)35-18-9-17-32(41(35)44-42)30-13-8-12-26(22-30)29-20-21-33-36-23-27-10-4-5-11-28(27)24-39(36)45-38(33)25-29/h2*1-25H. The monoisotopic (exact) mass is 1180 g/mol. The lowest BCUT2D eigenvalue weighted by molar-refractivity contribution is 0.673. The molecule has 0 N–H and O–H groups in total. The van der Waals surface area contributed by atoms with Crippen LogP contribution in [0.3, 0.4) is 0 Å². The van der Waals surface area contributed by atoms with Gasteiger partial charge in [0.15, 0.2) is 11.2 Å². The highest BCUT2D eigenvalue weighted by Crippen LogP contribution is 2.47. The Morgan fingerprint density at radius 2 is 0.667 bits per heavy atom. The normalized spacial score (nSPS) is 12.0.